The fourth-order valence-electron chi connectivity index (χ4n) is 2.60. The Morgan fingerprint density at radius 1 is 1.47 bits per heavy atom. The van der Waals surface area contributed by atoms with E-state index < -0.39 is 5.92 Å². The van der Waals surface area contributed by atoms with Crippen LogP contribution in [-0.4, -0.2) is 24.7 Å². The highest BCUT2D eigenvalue weighted by molar-refractivity contribution is 5.22. The molecule has 0 aliphatic heterocycles. The molecule has 1 N–H and O–H groups in total. The van der Waals surface area contributed by atoms with E-state index in [1.807, 2.05) is 7.05 Å². The minimum Gasteiger partial charge on any atom is -0.489 e. The summed E-state index contributed by atoms with van der Waals surface area (Å²) in [6, 6.07) is 2.88. The summed E-state index contributed by atoms with van der Waals surface area (Å²) in [6.07, 6.45) is 3.48. The number of rotatable bonds is 5. The third kappa shape index (κ3) is 3.41. The third-order valence-corrected chi connectivity index (χ3v) is 3.53. The van der Waals surface area contributed by atoms with Crippen LogP contribution in [0.2, 0.25) is 0 Å². The van der Waals surface area contributed by atoms with Crippen molar-refractivity contribution >= 4 is 0 Å². The van der Waals surface area contributed by atoms with Gasteiger partial charge in [0.25, 0.3) is 5.92 Å². The summed E-state index contributed by atoms with van der Waals surface area (Å²) in [5, 5.41) is 3.17. The minimum absolute atomic E-state index is 0.160. The number of ether oxygens (including phenoxy) is 1. The van der Waals surface area contributed by atoms with Crippen LogP contribution in [0.15, 0.2) is 18.3 Å². The topological polar surface area (TPSA) is 34.1 Å². The maximum absolute atomic E-state index is 13.0. The normalized spacial score (nSPS) is 26.9. The van der Waals surface area contributed by atoms with E-state index in [4.69, 9.17) is 4.74 Å². The van der Waals surface area contributed by atoms with Gasteiger partial charge in [0.05, 0.1) is 12.3 Å². The molecule has 1 aromatic heterocycles. The number of nitrogens with zero attached hydrogens (tertiary/aromatic N) is 1. The fraction of sp³-hybridized carbons (Fsp3) is 0.643. The summed E-state index contributed by atoms with van der Waals surface area (Å²) in [7, 11) is 1.94. The summed E-state index contributed by atoms with van der Waals surface area (Å²) < 4.78 is 31.7. The number of aromatic nitrogens is 1. The molecule has 0 atom stereocenters. The van der Waals surface area contributed by atoms with Crippen LogP contribution in [0.3, 0.4) is 0 Å². The highest BCUT2D eigenvalue weighted by atomic mass is 19.3. The molecule has 19 heavy (non-hydrogen) atoms. The van der Waals surface area contributed by atoms with Crippen molar-refractivity contribution < 1.29 is 13.5 Å². The van der Waals surface area contributed by atoms with E-state index in [9.17, 15) is 8.78 Å². The first-order valence-corrected chi connectivity index (χ1v) is 6.48. The first-order chi connectivity index (χ1) is 8.82. The summed E-state index contributed by atoms with van der Waals surface area (Å²) >= 11 is 0. The molecule has 1 aromatic rings. The lowest BCUT2D eigenvalue weighted by Crippen LogP contribution is -2.47. The first kappa shape index (κ1) is 14.2. The van der Waals surface area contributed by atoms with Crippen LogP contribution in [0, 0.1) is 5.41 Å². The Balaban J connectivity index is 1.89. The van der Waals surface area contributed by atoms with Gasteiger partial charge in [-0.2, -0.15) is 8.78 Å². The molecule has 106 valence electrons. The number of hydrogen-bond acceptors (Lipinski definition) is 3. The summed E-state index contributed by atoms with van der Waals surface area (Å²) in [4.78, 5) is 3.75. The van der Waals surface area contributed by atoms with Gasteiger partial charge in [-0.3, -0.25) is 4.98 Å². The number of nitrogens with one attached hydrogen (secondary N) is 1. The number of halogens is 2. The van der Waals surface area contributed by atoms with Crippen LogP contribution in [0.5, 0.6) is 5.75 Å². The van der Waals surface area contributed by atoms with Gasteiger partial charge in [0, 0.05) is 13.5 Å². The molecule has 0 bridgehead atoms. The second-order valence-electron chi connectivity index (χ2n) is 5.76. The minimum atomic E-state index is -2.90. The molecule has 0 aromatic carbocycles. The number of hydrogen-bond donors (Lipinski definition) is 1. The molecule has 1 aliphatic carbocycles. The SMILES string of the molecule is CNCC1(C)CC(Oc2ccc(C(C)(F)F)nc2)C1. The molecule has 1 aliphatic rings. The van der Waals surface area contributed by atoms with Gasteiger partial charge in [-0.15, -0.1) is 0 Å². The van der Waals surface area contributed by atoms with Crippen LogP contribution in [-0.2, 0) is 5.92 Å². The summed E-state index contributed by atoms with van der Waals surface area (Å²) in [5.41, 5.74) is 0.0527. The van der Waals surface area contributed by atoms with Crippen molar-refractivity contribution in [3.05, 3.63) is 24.0 Å². The molecular formula is C14H20F2N2O. The standard InChI is InChI=1S/C14H20F2N2O/c1-13(9-17-3)6-11(7-13)19-10-4-5-12(18-8-10)14(2,15)16/h4-5,8,11,17H,6-7,9H2,1-3H3. The molecule has 2 rings (SSSR count). The van der Waals surface area contributed by atoms with Gasteiger partial charge in [0.2, 0.25) is 0 Å². The van der Waals surface area contributed by atoms with E-state index >= 15 is 0 Å². The Bertz CT molecular complexity index is 422. The van der Waals surface area contributed by atoms with E-state index in [2.05, 4.69) is 17.2 Å². The van der Waals surface area contributed by atoms with Gasteiger partial charge in [-0.05, 0) is 37.4 Å². The molecule has 5 heteroatoms. The van der Waals surface area contributed by atoms with E-state index in [0.29, 0.717) is 5.75 Å². The Morgan fingerprint density at radius 2 is 2.16 bits per heavy atom. The molecule has 0 unspecified atom stereocenters. The van der Waals surface area contributed by atoms with Gasteiger partial charge in [-0.25, -0.2) is 0 Å². The Morgan fingerprint density at radius 3 is 2.63 bits per heavy atom. The molecule has 0 amide bonds. The van der Waals surface area contributed by atoms with Crippen LogP contribution in [0.1, 0.15) is 32.4 Å². The second kappa shape index (κ2) is 5.04. The molecule has 0 spiro atoms. The molecule has 0 saturated heterocycles. The lowest BCUT2D eigenvalue weighted by molar-refractivity contribution is -0.00137. The van der Waals surface area contributed by atoms with Crippen molar-refractivity contribution in [2.24, 2.45) is 5.41 Å². The van der Waals surface area contributed by atoms with Crippen molar-refractivity contribution in [1.82, 2.24) is 10.3 Å². The smallest absolute Gasteiger partial charge is 0.286 e. The molecular weight excluding hydrogens is 250 g/mol. The van der Waals surface area contributed by atoms with E-state index in [1.165, 1.54) is 12.3 Å². The van der Waals surface area contributed by atoms with E-state index in [-0.39, 0.29) is 17.2 Å². The van der Waals surface area contributed by atoms with Crippen LogP contribution >= 0.6 is 0 Å². The first-order valence-electron chi connectivity index (χ1n) is 6.48. The quantitative estimate of drug-likeness (QED) is 0.893. The maximum Gasteiger partial charge on any atom is 0.286 e. The van der Waals surface area contributed by atoms with Gasteiger partial charge in [0.15, 0.2) is 0 Å². The zero-order chi connectivity index (χ0) is 14.1. The number of pyridine rings is 1. The van der Waals surface area contributed by atoms with Crippen molar-refractivity contribution in [2.75, 3.05) is 13.6 Å². The highest BCUT2D eigenvalue weighted by Gasteiger charge is 2.41. The molecule has 3 nitrogen and oxygen atoms in total. The highest BCUT2D eigenvalue weighted by Crippen LogP contribution is 2.42. The predicted octanol–water partition coefficient (Wildman–Crippen LogP) is 2.96. The monoisotopic (exact) mass is 270 g/mol. The van der Waals surface area contributed by atoms with Gasteiger partial charge in [-0.1, -0.05) is 6.92 Å². The lowest BCUT2D eigenvalue weighted by Gasteiger charge is -2.44. The summed E-state index contributed by atoms with van der Waals surface area (Å²) in [6.45, 7) is 4.01. The lowest BCUT2D eigenvalue weighted by atomic mass is 9.68. The summed E-state index contributed by atoms with van der Waals surface area (Å²) in [5.74, 6) is -2.34. The van der Waals surface area contributed by atoms with Gasteiger partial charge >= 0.3 is 0 Å². The Kier molecular flexibility index (Phi) is 3.76. The van der Waals surface area contributed by atoms with E-state index in [1.54, 1.807) is 6.07 Å². The Labute approximate surface area is 112 Å². The van der Waals surface area contributed by atoms with Crippen LogP contribution < -0.4 is 10.1 Å². The predicted molar refractivity (Wildman–Crippen MR) is 69.5 cm³/mol. The average Bonchev–Trinajstić information content (AvgIpc) is 2.27. The number of alkyl halides is 2. The van der Waals surface area contributed by atoms with Crippen molar-refractivity contribution in [3.8, 4) is 5.75 Å². The largest absolute Gasteiger partial charge is 0.489 e. The molecule has 1 heterocycles. The van der Waals surface area contributed by atoms with Crippen molar-refractivity contribution in [2.45, 2.75) is 38.7 Å². The average molecular weight is 270 g/mol. The van der Waals surface area contributed by atoms with Crippen LogP contribution in [0.25, 0.3) is 0 Å². The third-order valence-electron chi connectivity index (χ3n) is 3.53. The van der Waals surface area contributed by atoms with E-state index in [0.717, 1.165) is 26.3 Å². The van der Waals surface area contributed by atoms with Gasteiger partial charge < -0.3 is 10.1 Å². The molecule has 1 saturated carbocycles. The fourth-order valence-corrected chi connectivity index (χ4v) is 2.60. The Hall–Kier alpha value is -1.23. The molecule has 1 fully saturated rings. The van der Waals surface area contributed by atoms with Gasteiger partial charge in [0.1, 0.15) is 11.4 Å². The maximum atomic E-state index is 13.0. The zero-order valence-corrected chi connectivity index (χ0v) is 11.5. The molecule has 0 radical (unpaired) electrons. The van der Waals surface area contributed by atoms with Crippen molar-refractivity contribution in [3.63, 3.8) is 0 Å². The zero-order valence-electron chi connectivity index (χ0n) is 11.5. The van der Waals surface area contributed by atoms with Crippen molar-refractivity contribution in [1.29, 1.82) is 0 Å². The second-order valence-corrected chi connectivity index (χ2v) is 5.76. The van der Waals surface area contributed by atoms with Crippen LogP contribution in [0.4, 0.5) is 8.78 Å².